The first-order valence-electron chi connectivity index (χ1n) is 7.21. The molecule has 1 N–H and O–H groups in total. The molecule has 1 aromatic carbocycles. The molecule has 1 aliphatic heterocycles. The molecule has 0 radical (unpaired) electrons. The molecule has 2 nitrogen and oxygen atoms in total. The Hall–Kier alpha value is -1.30. The number of nitrogens with zero attached hydrogens (tertiary/aromatic N) is 1. The largest absolute Gasteiger partial charge is 0.378 e. The highest BCUT2D eigenvalue weighted by Crippen LogP contribution is 2.29. The minimum Gasteiger partial charge on any atom is -0.378 e. The average molecular weight is 255 g/mol. The topological polar surface area (TPSA) is 23.5 Å². The van der Waals surface area contributed by atoms with E-state index in [9.17, 15) is 5.11 Å². The fourth-order valence-electron chi connectivity index (χ4n) is 3.39. The van der Waals surface area contributed by atoms with E-state index in [1.54, 1.807) is 0 Å². The molecule has 1 saturated heterocycles. The molecule has 0 spiro atoms. The first-order chi connectivity index (χ1) is 9.20. The zero-order valence-electron chi connectivity index (χ0n) is 11.3. The zero-order valence-corrected chi connectivity index (χ0v) is 11.3. The number of likely N-dealkylation sites (tertiary alicyclic amines) is 1. The van der Waals surface area contributed by atoms with E-state index in [-0.39, 0.29) is 0 Å². The van der Waals surface area contributed by atoms with Crippen LogP contribution in [0.25, 0.3) is 0 Å². The molecule has 3 rings (SSSR count). The van der Waals surface area contributed by atoms with Crippen molar-refractivity contribution in [3.8, 4) is 12.3 Å². The molecule has 1 heterocycles. The van der Waals surface area contributed by atoms with Gasteiger partial charge in [-0.2, -0.15) is 0 Å². The number of fused-ring (bicyclic) bond motifs is 1. The molecule has 0 bridgehead atoms. The maximum Gasteiger partial charge on any atom is 0.127 e. The lowest BCUT2D eigenvalue weighted by molar-refractivity contribution is 0.0107. The highest BCUT2D eigenvalue weighted by Gasteiger charge is 2.33. The number of benzene rings is 1. The molecule has 100 valence electrons. The van der Waals surface area contributed by atoms with Gasteiger partial charge in [-0.15, -0.1) is 6.42 Å². The molecular weight excluding hydrogens is 234 g/mol. The summed E-state index contributed by atoms with van der Waals surface area (Å²) in [5.74, 6) is 2.55. The van der Waals surface area contributed by atoms with E-state index in [1.807, 2.05) is 0 Å². The lowest BCUT2D eigenvalue weighted by Gasteiger charge is -2.41. The summed E-state index contributed by atoms with van der Waals surface area (Å²) < 4.78 is 0. The maximum atomic E-state index is 10.1. The van der Waals surface area contributed by atoms with Crippen LogP contribution in [0.3, 0.4) is 0 Å². The van der Waals surface area contributed by atoms with Gasteiger partial charge < -0.3 is 5.11 Å². The van der Waals surface area contributed by atoms with Crippen LogP contribution in [0, 0.1) is 12.3 Å². The van der Waals surface area contributed by atoms with Crippen LogP contribution in [0.15, 0.2) is 24.3 Å². The summed E-state index contributed by atoms with van der Waals surface area (Å²) in [7, 11) is 0. The first-order valence-corrected chi connectivity index (χ1v) is 7.21. The van der Waals surface area contributed by atoms with Crippen LogP contribution in [-0.4, -0.2) is 34.7 Å². The Morgan fingerprint density at radius 2 is 1.89 bits per heavy atom. The summed E-state index contributed by atoms with van der Waals surface area (Å²) in [6.45, 7) is 1.85. The number of hydrogen-bond donors (Lipinski definition) is 1. The van der Waals surface area contributed by atoms with E-state index >= 15 is 0 Å². The van der Waals surface area contributed by atoms with E-state index in [2.05, 4.69) is 35.1 Å². The smallest absolute Gasteiger partial charge is 0.127 e. The Balaban J connectivity index is 1.65. The van der Waals surface area contributed by atoms with Crippen LogP contribution in [0.1, 0.15) is 30.4 Å². The molecule has 1 aromatic rings. The van der Waals surface area contributed by atoms with Gasteiger partial charge in [0.15, 0.2) is 0 Å². The molecule has 0 unspecified atom stereocenters. The molecule has 1 fully saturated rings. The van der Waals surface area contributed by atoms with Crippen LogP contribution in [0.5, 0.6) is 0 Å². The van der Waals surface area contributed by atoms with Gasteiger partial charge in [0.05, 0.1) is 0 Å². The third kappa shape index (κ3) is 2.54. The summed E-state index contributed by atoms with van der Waals surface area (Å²) in [6.07, 6.45) is 10.4. The number of aryl methyl sites for hydroxylation is 1. The molecule has 1 atom stereocenters. The highest BCUT2D eigenvalue weighted by molar-refractivity contribution is 5.30. The Morgan fingerprint density at radius 3 is 2.58 bits per heavy atom. The second kappa shape index (κ2) is 5.00. The second-order valence-corrected chi connectivity index (χ2v) is 5.88. The van der Waals surface area contributed by atoms with Crippen molar-refractivity contribution >= 4 is 0 Å². The summed E-state index contributed by atoms with van der Waals surface area (Å²) in [5.41, 5.74) is 2.15. The minimum absolute atomic E-state index is 0.622. The lowest BCUT2D eigenvalue weighted by Crippen LogP contribution is -2.49. The monoisotopic (exact) mass is 255 g/mol. The van der Waals surface area contributed by atoms with Gasteiger partial charge in [-0.3, -0.25) is 4.90 Å². The molecule has 19 heavy (non-hydrogen) atoms. The van der Waals surface area contributed by atoms with Crippen molar-refractivity contribution in [1.29, 1.82) is 0 Å². The van der Waals surface area contributed by atoms with E-state index < -0.39 is 5.60 Å². The molecule has 0 saturated carbocycles. The van der Waals surface area contributed by atoms with Crippen LogP contribution in [0.2, 0.25) is 0 Å². The predicted octanol–water partition coefficient (Wildman–Crippen LogP) is 2.00. The summed E-state index contributed by atoms with van der Waals surface area (Å²) in [6, 6.07) is 9.39. The lowest BCUT2D eigenvalue weighted by atomic mass is 9.85. The number of piperidine rings is 1. The first kappa shape index (κ1) is 12.7. The van der Waals surface area contributed by atoms with E-state index in [4.69, 9.17) is 6.42 Å². The average Bonchev–Trinajstić information content (AvgIpc) is 2.47. The number of hydrogen-bond acceptors (Lipinski definition) is 2. The minimum atomic E-state index is -0.858. The Bertz CT molecular complexity index is 494. The standard InChI is InChI=1S/C17H21NO/c1-2-17(19)9-11-18(12-10-17)16-8-7-14-5-3-4-6-15(14)13-16/h1,3-6,16,19H,7-13H2/t16-/m0/s1. The zero-order chi connectivity index (χ0) is 13.3. The van der Waals surface area contributed by atoms with Gasteiger partial charge in [0.2, 0.25) is 0 Å². The molecule has 2 aliphatic rings. The van der Waals surface area contributed by atoms with Crippen LogP contribution >= 0.6 is 0 Å². The van der Waals surface area contributed by atoms with Gasteiger partial charge in [0.1, 0.15) is 5.60 Å². The third-order valence-corrected chi connectivity index (χ3v) is 4.73. The van der Waals surface area contributed by atoms with Crippen molar-refractivity contribution in [2.45, 2.75) is 43.7 Å². The fourth-order valence-corrected chi connectivity index (χ4v) is 3.39. The van der Waals surface area contributed by atoms with Crippen LogP contribution < -0.4 is 0 Å². The van der Waals surface area contributed by atoms with Crippen LogP contribution in [-0.2, 0) is 12.8 Å². The van der Waals surface area contributed by atoms with Gasteiger partial charge in [0.25, 0.3) is 0 Å². The Kier molecular flexibility index (Phi) is 3.35. The number of aliphatic hydroxyl groups is 1. The summed E-state index contributed by atoms with van der Waals surface area (Å²) >= 11 is 0. The van der Waals surface area contributed by atoms with Crippen molar-refractivity contribution < 1.29 is 5.11 Å². The van der Waals surface area contributed by atoms with Gasteiger partial charge in [0, 0.05) is 32.0 Å². The summed E-state index contributed by atoms with van der Waals surface area (Å²) in [5, 5.41) is 10.1. The van der Waals surface area contributed by atoms with Crippen molar-refractivity contribution in [3.05, 3.63) is 35.4 Å². The molecular formula is C17H21NO. The number of terminal acetylenes is 1. The Morgan fingerprint density at radius 1 is 1.21 bits per heavy atom. The normalized spacial score (nSPS) is 26.4. The van der Waals surface area contributed by atoms with E-state index in [0.29, 0.717) is 18.9 Å². The van der Waals surface area contributed by atoms with Gasteiger partial charge in [-0.05, 0) is 30.4 Å². The fraction of sp³-hybridized carbons (Fsp3) is 0.529. The third-order valence-electron chi connectivity index (χ3n) is 4.73. The molecule has 2 heteroatoms. The predicted molar refractivity (Wildman–Crippen MR) is 76.8 cm³/mol. The van der Waals surface area contributed by atoms with Crippen molar-refractivity contribution in [3.63, 3.8) is 0 Å². The molecule has 0 aromatic heterocycles. The van der Waals surface area contributed by atoms with Crippen LogP contribution in [0.4, 0.5) is 0 Å². The maximum absolute atomic E-state index is 10.1. The quantitative estimate of drug-likeness (QED) is 0.776. The molecule has 1 aliphatic carbocycles. The number of rotatable bonds is 1. The van der Waals surface area contributed by atoms with Crippen molar-refractivity contribution in [1.82, 2.24) is 4.90 Å². The van der Waals surface area contributed by atoms with Crippen molar-refractivity contribution in [2.75, 3.05) is 13.1 Å². The van der Waals surface area contributed by atoms with Gasteiger partial charge in [-0.25, -0.2) is 0 Å². The van der Waals surface area contributed by atoms with Crippen molar-refractivity contribution in [2.24, 2.45) is 0 Å². The second-order valence-electron chi connectivity index (χ2n) is 5.88. The molecule has 0 amide bonds. The van der Waals surface area contributed by atoms with Gasteiger partial charge in [-0.1, -0.05) is 30.2 Å². The highest BCUT2D eigenvalue weighted by atomic mass is 16.3. The van der Waals surface area contributed by atoms with Gasteiger partial charge >= 0.3 is 0 Å². The summed E-state index contributed by atoms with van der Waals surface area (Å²) in [4.78, 5) is 2.52. The van der Waals surface area contributed by atoms with E-state index in [0.717, 1.165) is 19.5 Å². The SMILES string of the molecule is C#CC1(O)CCN([C@H]2CCc3ccccc3C2)CC1. The Labute approximate surface area is 115 Å². The van der Waals surface area contributed by atoms with E-state index in [1.165, 1.54) is 24.0 Å².